The van der Waals surface area contributed by atoms with Gasteiger partial charge in [0.25, 0.3) is 0 Å². The topological polar surface area (TPSA) is 34.5 Å². The van der Waals surface area contributed by atoms with E-state index in [0.717, 1.165) is 11.6 Å². The summed E-state index contributed by atoms with van der Waals surface area (Å²) < 4.78 is 5.85. The molecule has 1 aromatic heterocycles. The fourth-order valence-electron chi connectivity index (χ4n) is 2.40. The zero-order chi connectivity index (χ0) is 14.0. The highest BCUT2D eigenvalue weighted by molar-refractivity contribution is 5.88. The van der Waals surface area contributed by atoms with Crippen molar-refractivity contribution in [2.45, 2.75) is 25.3 Å². The summed E-state index contributed by atoms with van der Waals surface area (Å²) in [5.41, 5.74) is 1.87. The van der Waals surface area contributed by atoms with Gasteiger partial charge in [-0.2, -0.15) is 0 Å². The first-order chi connectivity index (χ1) is 9.68. The number of aromatic nitrogens is 1. The SMILES string of the molecule is CC(C)(C1=NC(c2ccccc2)CO1)c1ccccn1. The van der Waals surface area contributed by atoms with E-state index in [2.05, 4.69) is 31.0 Å². The van der Waals surface area contributed by atoms with E-state index in [1.165, 1.54) is 5.56 Å². The molecular formula is C17H18N2O. The minimum Gasteiger partial charge on any atom is -0.478 e. The van der Waals surface area contributed by atoms with Crippen LogP contribution in [0.3, 0.4) is 0 Å². The maximum atomic E-state index is 5.85. The van der Waals surface area contributed by atoms with Gasteiger partial charge in [-0.1, -0.05) is 36.4 Å². The van der Waals surface area contributed by atoms with Gasteiger partial charge in [-0.3, -0.25) is 4.98 Å². The minimum absolute atomic E-state index is 0.0918. The lowest BCUT2D eigenvalue weighted by Crippen LogP contribution is -2.30. The van der Waals surface area contributed by atoms with E-state index in [1.54, 1.807) is 6.20 Å². The number of hydrogen-bond donors (Lipinski definition) is 0. The number of ether oxygens (including phenoxy) is 1. The van der Waals surface area contributed by atoms with Gasteiger partial charge in [-0.05, 0) is 31.5 Å². The lowest BCUT2D eigenvalue weighted by atomic mass is 9.88. The molecule has 3 heteroatoms. The van der Waals surface area contributed by atoms with Crippen LogP contribution < -0.4 is 0 Å². The number of nitrogens with zero attached hydrogens (tertiary/aromatic N) is 2. The maximum absolute atomic E-state index is 5.85. The summed E-state index contributed by atoms with van der Waals surface area (Å²) >= 11 is 0. The zero-order valence-corrected chi connectivity index (χ0v) is 11.8. The molecule has 1 aliphatic rings. The van der Waals surface area contributed by atoms with Crippen LogP contribution in [0.2, 0.25) is 0 Å². The standard InChI is InChI=1S/C17H18N2O/c1-17(2,15-10-6-7-11-18-15)16-19-14(12-20-16)13-8-4-3-5-9-13/h3-11,14H,12H2,1-2H3. The van der Waals surface area contributed by atoms with Crippen molar-refractivity contribution in [1.82, 2.24) is 4.98 Å². The van der Waals surface area contributed by atoms with E-state index in [1.807, 2.05) is 36.4 Å². The van der Waals surface area contributed by atoms with Crippen molar-refractivity contribution in [3.63, 3.8) is 0 Å². The Morgan fingerprint density at radius 1 is 1.05 bits per heavy atom. The first-order valence-electron chi connectivity index (χ1n) is 6.85. The molecular weight excluding hydrogens is 248 g/mol. The van der Waals surface area contributed by atoms with Gasteiger partial charge in [0.15, 0.2) is 5.90 Å². The van der Waals surface area contributed by atoms with Gasteiger partial charge in [0, 0.05) is 6.20 Å². The summed E-state index contributed by atoms with van der Waals surface area (Å²) in [4.78, 5) is 9.19. The van der Waals surface area contributed by atoms with Crippen LogP contribution in [0.25, 0.3) is 0 Å². The van der Waals surface area contributed by atoms with Crippen molar-refractivity contribution in [1.29, 1.82) is 0 Å². The second-order valence-electron chi connectivity index (χ2n) is 5.51. The van der Waals surface area contributed by atoms with Crippen molar-refractivity contribution >= 4 is 5.90 Å². The summed E-state index contributed by atoms with van der Waals surface area (Å²) in [5.74, 6) is 0.769. The number of pyridine rings is 1. The third-order valence-electron chi connectivity index (χ3n) is 3.68. The van der Waals surface area contributed by atoms with Gasteiger partial charge in [-0.25, -0.2) is 4.99 Å². The Balaban J connectivity index is 1.88. The first kappa shape index (κ1) is 12.9. The molecule has 3 nitrogen and oxygen atoms in total. The molecule has 0 radical (unpaired) electrons. The van der Waals surface area contributed by atoms with Crippen molar-refractivity contribution < 1.29 is 4.74 Å². The summed E-state index contributed by atoms with van der Waals surface area (Å²) in [5, 5.41) is 0. The summed E-state index contributed by atoms with van der Waals surface area (Å²) in [6.07, 6.45) is 1.81. The first-order valence-corrected chi connectivity index (χ1v) is 6.85. The van der Waals surface area contributed by atoms with E-state index in [0.29, 0.717) is 6.61 Å². The van der Waals surface area contributed by atoms with Crippen molar-refractivity contribution in [3.05, 3.63) is 66.0 Å². The van der Waals surface area contributed by atoms with Crippen LogP contribution in [0.15, 0.2) is 59.7 Å². The monoisotopic (exact) mass is 266 g/mol. The van der Waals surface area contributed by atoms with Crippen LogP contribution in [0.4, 0.5) is 0 Å². The van der Waals surface area contributed by atoms with Gasteiger partial charge >= 0.3 is 0 Å². The molecule has 0 saturated heterocycles. The van der Waals surface area contributed by atoms with Crippen LogP contribution in [0.1, 0.15) is 31.1 Å². The predicted octanol–water partition coefficient (Wildman–Crippen LogP) is 3.53. The zero-order valence-electron chi connectivity index (χ0n) is 11.8. The molecule has 0 saturated carbocycles. The highest BCUT2D eigenvalue weighted by Gasteiger charge is 2.35. The number of aliphatic imine (C=N–C) groups is 1. The van der Waals surface area contributed by atoms with Crippen LogP contribution >= 0.6 is 0 Å². The molecule has 2 heterocycles. The van der Waals surface area contributed by atoms with Crippen LogP contribution in [-0.4, -0.2) is 17.5 Å². The second-order valence-corrected chi connectivity index (χ2v) is 5.51. The Bertz CT molecular complexity index is 605. The van der Waals surface area contributed by atoms with Gasteiger partial charge in [0.2, 0.25) is 0 Å². The molecule has 0 aliphatic carbocycles. The Morgan fingerprint density at radius 3 is 2.50 bits per heavy atom. The Kier molecular flexibility index (Phi) is 3.26. The van der Waals surface area contributed by atoms with Crippen LogP contribution in [0, 0.1) is 0 Å². The molecule has 2 aromatic rings. The smallest absolute Gasteiger partial charge is 0.196 e. The lowest BCUT2D eigenvalue weighted by molar-refractivity contribution is 0.295. The van der Waals surface area contributed by atoms with Gasteiger partial charge in [0.1, 0.15) is 12.6 Å². The van der Waals surface area contributed by atoms with Gasteiger partial charge in [-0.15, -0.1) is 0 Å². The molecule has 3 rings (SSSR count). The van der Waals surface area contributed by atoms with Crippen LogP contribution in [-0.2, 0) is 10.2 Å². The van der Waals surface area contributed by atoms with Crippen molar-refractivity contribution in [2.75, 3.05) is 6.61 Å². The molecule has 20 heavy (non-hydrogen) atoms. The summed E-state index contributed by atoms with van der Waals surface area (Å²) in [6, 6.07) is 16.3. The van der Waals surface area contributed by atoms with Crippen molar-refractivity contribution in [3.8, 4) is 0 Å². The summed E-state index contributed by atoms with van der Waals surface area (Å²) in [7, 11) is 0. The largest absolute Gasteiger partial charge is 0.478 e. The number of hydrogen-bond acceptors (Lipinski definition) is 3. The molecule has 0 bridgehead atoms. The molecule has 1 unspecified atom stereocenters. The molecule has 0 N–H and O–H groups in total. The average Bonchev–Trinajstić information content (AvgIpc) is 3.00. The molecule has 0 amide bonds. The van der Waals surface area contributed by atoms with E-state index < -0.39 is 0 Å². The Labute approximate surface area is 119 Å². The molecule has 0 fully saturated rings. The van der Waals surface area contributed by atoms with E-state index >= 15 is 0 Å². The molecule has 102 valence electrons. The minimum atomic E-state index is -0.301. The van der Waals surface area contributed by atoms with Crippen molar-refractivity contribution in [2.24, 2.45) is 4.99 Å². The fourth-order valence-corrected chi connectivity index (χ4v) is 2.40. The molecule has 1 atom stereocenters. The van der Waals surface area contributed by atoms with Gasteiger partial charge < -0.3 is 4.74 Å². The highest BCUT2D eigenvalue weighted by atomic mass is 16.5. The van der Waals surface area contributed by atoms with E-state index in [4.69, 9.17) is 9.73 Å². The Hall–Kier alpha value is -2.16. The normalized spacial score (nSPS) is 18.5. The van der Waals surface area contributed by atoms with Gasteiger partial charge in [0.05, 0.1) is 11.1 Å². The van der Waals surface area contributed by atoms with Crippen LogP contribution in [0.5, 0.6) is 0 Å². The third-order valence-corrected chi connectivity index (χ3v) is 3.68. The molecule has 1 aromatic carbocycles. The number of benzene rings is 1. The fraction of sp³-hybridized carbons (Fsp3) is 0.294. The maximum Gasteiger partial charge on any atom is 0.196 e. The molecule has 1 aliphatic heterocycles. The third kappa shape index (κ3) is 2.31. The predicted molar refractivity (Wildman–Crippen MR) is 79.8 cm³/mol. The highest BCUT2D eigenvalue weighted by Crippen LogP contribution is 2.31. The van der Waals surface area contributed by atoms with E-state index in [9.17, 15) is 0 Å². The lowest BCUT2D eigenvalue weighted by Gasteiger charge is -2.22. The molecule has 0 spiro atoms. The summed E-state index contributed by atoms with van der Waals surface area (Å²) in [6.45, 7) is 4.80. The quantitative estimate of drug-likeness (QED) is 0.851. The second kappa shape index (κ2) is 5.08. The number of rotatable bonds is 3. The Morgan fingerprint density at radius 2 is 1.80 bits per heavy atom. The average molecular weight is 266 g/mol. The van der Waals surface area contributed by atoms with E-state index in [-0.39, 0.29) is 11.5 Å².